The second-order valence-corrected chi connectivity index (χ2v) is 7.29. The molecule has 2 N–H and O–H groups in total. The van der Waals surface area contributed by atoms with Gasteiger partial charge in [-0.1, -0.05) is 0 Å². The summed E-state index contributed by atoms with van der Waals surface area (Å²) in [5.74, 6) is -1.79. The monoisotopic (exact) mass is 451 g/mol. The number of rotatable bonds is 6. The summed E-state index contributed by atoms with van der Waals surface area (Å²) in [6.07, 6.45) is -3.48. The molecule has 2 aromatic rings. The lowest BCUT2D eigenvalue weighted by atomic mass is 10.1. The van der Waals surface area contributed by atoms with Gasteiger partial charge in [-0.15, -0.1) is 0 Å². The Morgan fingerprint density at radius 1 is 0.906 bits per heavy atom. The van der Waals surface area contributed by atoms with Gasteiger partial charge in [0.05, 0.1) is 5.56 Å². The number of benzene rings is 2. The average Bonchev–Trinajstić information content (AvgIpc) is 3.26. The topological polar surface area (TPSA) is 78.5 Å². The fourth-order valence-corrected chi connectivity index (χ4v) is 3.43. The average molecular weight is 451 g/mol. The minimum absolute atomic E-state index is 0.0734. The van der Waals surface area contributed by atoms with Crippen LogP contribution in [-0.4, -0.2) is 48.3 Å². The Kier molecular flexibility index (Phi) is 7.12. The molecule has 0 aliphatic carbocycles. The molecular formula is C22H21F4N3O3. The molecule has 1 aliphatic heterocycles. The van der Waals surface area contributed by atoms with Crippen molar-refractivity contribution in [2.24, 2.45) is 0 Å². The highest BCUT2D eigenvalue weighted by atomic mass is 19.4. The zero-order chi connectivity index (χ0) is 23.3. The second kappa shape index (κ2) is 9.80. The lowest BCUT2D eigenvalue weighted by molar-refractivity contribution is -0.137. The molecule has 3 rings (SSSR count). The first-order valence-corrected chi connectivity index (χ1v) is 9.96. The van der Waals surface area contributed by atoms with E-state index < -0.39 is 41.3 Å². The van der Waals surface area contributed by atoms with E-state index in [4.69, 9.17) is 0 Å². The van der Waals surface area contributed by atoms with Crippen LogP contribution in [0.3, 0.4) is 0 Å². The van der Waals surface area contributed by atoms with Gasteiger partial charge in [0.2, 0.25) is 5.91 Å². The van der Waals surface area contributed by atoms with Crippen LogP contribution in [0.4, 0.5) is 17.6 Å². The minimum Gasteiger partial charge on any atom is -0.353 e. The van der Waals surface area contributed by atoms with E-state index in [1.807, 2.05) is 0 Å². The number of carbonyl (C=O) groups excluding carboxylic acids is 3. The van der Waals surface area contributed by atoms with Crippen LogP contribution in [0.15, 0.2) is 48.5 Å². The van der Waals surface area contributed by atoms with Crippen molar-refractivity contribution in [2.45, 2.75) is 25.1 Å². The number of likely N-dealkylation sites (tertiary alicyclic amines) is 1. The summed E-state index contributed by atoms with van der Waals surface area (Å²) >= 11 is 0. The smallest absolute Gasteiger partial charge is 0.353 e. The fraction of sp³-hybridized carbons (Fsp3) is 0.318. The summed E-state index contributed by atoms with van der Waals surface area (Å²) in [5, 5.41) is 5.24. The number of carbonyl (C=O) groups is 3. The van der Waals surface area contributed by atoms with Crippen molar-refractivity contribution >= 4 is 17.7 Å². The maximum atomic E-state index is 12.9. The summed E-state index contributed by atoms with van der Waals surface area (Å²) in [4.78, 5) is 38.5. The summed E-state index contributed by atoms with van der Waals surface area (Å²) in [6, 6.07) is 8.14. The molecule has 1 fully saturated rings. The SMILES string of the molecule is O=C(NCCNC(=O)[C@H]1CCCN1C(=O)c1ccc(C(F)(F)F)cc1)c1ccc(F)cc1. The van der Waals surface area contributed by atoms with Crippen LogP contribution in [0, 0.1) is 5.82 Å². The second-order valence-electron chi connectivity index (χ2n) is 7.29. The molecule has 0 unspecified atom stereocenters. The molecular weight excluding hydrogens is 430 g/mol. The van der Waals surface area contributed by atoms with Gasteiger partial charge in [0.15, 0.2) is 0 Å². The molecule has 2 aromatic carbocycles. The van der Waals surface area contributed by atoms with E-state index >= 15 is 0 Å². The van der Waals surface area contributed by atoms with Gasteiger partial charge in [-0.05, 0) is 61.4 Å². The maximum absolute atomic E-state index is 12.9. The van der Waals surface area contributed by atoms with Crippen molar-refractivity contribution in [3.05, 3.63) is 71.0 Å². The lowest BCUT2D eigenvalue weighted by Crippen LogP contribution is -2.47. The van der Waals surface area contributed by atoms with Crippen molar-refractivity contribution in [1.82, 2.24) is 15.5 Å². The highest BCUT2D eigenvalue weighted by Crippen LogP contribution is 2.29. The fourth-order valence-electron chi connectivity index (χ4n) is 3.43. The molecule has 0 spiro atoms. The van der Waals surface area contributed by atoms with Gasteiger partial charge in [-0.2, -0.15) is 13.2 Å². The summed E-state index contributed by atoms with van der Waals surface area (Å²) in [5.41, 5.74) is -0.501. The van der Waals surface area contributed by atoms with Crippen LogP contribution in [-0.2, 0) is 11.0 Å². The third kappa shape index (κ3) is 5.63. The molecule has 0 saturated carbocycles. The Labute approximate surface area is 181 Å². The van der Waals surface area contributed by atoms with E-state index in [-0.39, 0.29) is 24.2 Å². The van der Waals surface area contributed by atoms with Crippen LogP contribution in [0.25, 0.3) is 0 Å². The van der Waals surface area contributed by atoms with Crippen LogP contribution in [0.2, 0.25) is 0 Å². The van der Waals surface area contributed by atoms with E-state index in [2.05, 4.69) is 10.6 Å². The van der Waals surface area contributed by atoms with E-state index in [0.29, 0.717) is 19.4 Å². The number of halogens is 4. The van der Waals surface area contributed by atoms with Crippen LogP contribution < -0.4 is 10.6 Å². The zero-order valence-corrected chi connectivity index (χ0v) is 16.9. The Bertz CT molecular complexity index is 975. The molecule has 1 aliphatic rings. The van der Waals surface area contributed by atoms with E-state index in [1.165, 1.54) is 29.2 Å². The van der Waals surface area contributed by atoms with E-state index in [1.54, 1.807) is 0 Å². The quantitative estimate of drug-likeness (QED) is 0.524. The first-order chi connectivity index (χ1) is 15.2. The van der Waals surface area contributed by atoms with Crippen molar-refractivity contribution in [3.63, 3.8) is 0 Å². The van der Waals surface area contributed by atoms with Crippen molar-refractivity contribution < 1.29 is 31.9 Å². The number of amides is 3. The zero-order valence-electron chi connectivity index (χ0n) is 16.9. The number of alkyl halides is 3. The van der Waals surface area contributed by atoms with Crippen molar-refractivity contribution in [2.75, 3.05) is 19.6 Å². The van der Waals surface area contributed by atoms with E-state index in [9.17, 15) is 31.9 Å². The number of hydrogen-bond donors (Lipinski definition) is 2. The number of nitrogens with one attached hydrogen (secondary N) is 2. The Morgan fingerprint density at radius 2 is 1.50 bits per heavy atom. The molecule has 1 saturated heterocycles. The van der Waals surface area contributed by atoms with Crippen LogP contribution >= 0.6 is 0 Å². The van der Waals surface area contributed by atoms with Gasteiger partial charge in [-0.3, -0.25) is 14.4 Å². The normalized spacial score (nSPS) is 16.0. The largest absolute Gasteiger partial charge is 0.416 e. The summed E-state index contributed by atoms with van der Waals surface area (Å²) in [6.45, 7) is 0.561. The molecule has 1 heterocycles. The van der Waals surface area contributed by atoms with E-state index in [0.717, 1.165) is 24.3 Å². The minimum atomic E-state index is -4.50. The highest BCUT2D eigenvalue weighted by Gasteiger charge is 2.35. The van der Waals surface area contributed by atoms with Gasteiger partial charge in [0.1, 0.15) is 11.9 Å². The molecule has 0 bridgehead atoms. The molecule has 32 heavy (non-hydrogen) atoms. The highest BCUT2D eigenvalue weighted by molar-refractivity contribution is 5.98. The Hall–Kier alpha value is -3.43. The number of hydrogen-bond acceptors (Lipinski definition) is 3. The predicted octanol–water partition coefficient (Wildman–Crippen LogP) is 3.00. The van der Waals surface area contributed by atoms with Gasteiger partial charge in [-0.25, -0.2) is 4.39 Å². The molecule has 1 atom stereocenters. The van der Waals surface area contributed by atoms with Gasteiger partial charge < -0.3 is 15.5 Å². The summed E-state index contributed by atoms with van der Waals surface area (Å²) < 4.78 is 51.0. The van der Waals surface area contributed by atoms with Gasteiger partial charge in [0, 0.05) is 30.8 Å². The maximum Gasteiger partial charge on any atom is 0.416 e. The molecule has 0 aromatic heterocycles. The van der Waals surface area contributed by atoms with Crippen LogP contribution in [0.5, 0.6) is 0 Å². The molecule has 170 valence electrons. The molecule has 0 radical (unpaired) electrons. The first-order valence-electron chi connectivity index (χ1n) is 9.96. The van der Waals surface area contributed by atoms with Crippen LogP contribution in [0.1, 0.15) is 39.1 Å². The summed E-state index contributed by atoms with van der Waals surface area (Å²) in [7, 11) is 0. The predicted molar refractivity (Wildman–Crippen MR) is 107 cm³/mol. The third-order valence-corrected chi connectivity index (χ3v) is 5.09. The lowest BCUT2D eigenvalue weighted by Gasteiger charge is -2.24. The third-order valence-electron chi connectivity index (χ3n) is 5.09. The number of nitrogens with zero attached hydrogens (tertiary/aromatic N) is 1. The van der Waals surface area contributed by atoms with Gasteiger partial charge in [0.25, 0.3) is 11.8 Å². The molecule has 6 nitrogen and oxygen atoms in total. The van der Waals surface area contributed by atoms with Gasteiger partial charge >= 0.3 is 6.18 Å². The van der Waals surface area contributed by atoms with Crippen molar-refractivity contribution in [1.29, 1.82) is 0 Å². The standard InChI is InChI=1S/C22H21F4N3O3/c23-17-9-5-14(6-10-17)19(30)27-11-12-28-20(31)18-2-1-13-29(18)21(32)15-3-7-16(8-4-15)22(24,25)26/h3-10,18H,1-2,11-13H2,(H,27,30)(H,28,31)/t18-/m1/s1. The Morgan fingerprint density at radius 3 is 2.12 bits per heavy atom. The molecule has 3 amide bonds. The Balaban J connectivity index is 1.51. The molecule has 10 heteroatoms. The first kappa shape index (κ1) is 23.2. The van der Waals surface area contributed by atoms with Crippen molar-refractivity contribution in [3.8, 4) is 0 Å².